The Morgan fingerprint density at radius 2 is 1.68 bits per heavy atom. The number of carbonyl (C=O) groups is 2. The molecule has 0 radical (unpaired) electrons. The normalized spacial score (nSPS) is 10.2. The zero-order valence-electron chi connectivity index (χ0n) is 10.9. The Hall–Kier alpha value is -1.94. The van der Waals surface area contributed by atoms with Crippen LogP contribution in [-0.2, 0) is 6.42 Å². The van der Waals surface area contributed by atoms with E-state index in [9.17, 15) is 9.59 Å². The van der Waals surface area contributed by atoms with Crippen LogP contribution in [0.4, 0.5) is 5.69 Å². The lowest BCUT2D eigenvalue weighted by Crippen LogP contribution is -2.09. The minimum absolute atomic E-state index is 0.0173. The lowest BCUT2D eigenvalue weighted by Gasteiger charge is -2.04. The second-order valence-corrected chi connectivity index (χ2v) is 5.31. The van der Waals surface area contributed by atoms with Crippen molar-refractivity contribution in [2.75, 3.05) is 5.32 Å². The van der Waals surface area contributed by atoms with Crippen LogP contribution >= 0.6 is 11.3 Å². The maximum Gasteiger partial charge on any atom is 0.265 e. The van der Waals surface area contributed by atoms with E-state index < -0.39 is 0 Å². The SMILES string of the molecule is CCc1ccc(NC(=O)c2ccc(C(C)=O)s2)cc1. The highest BCUT2D eigenvalue weighted by Crippen LogP contribution is 2.19. The molecular formula is C15H15NO2S. The number of benzene rings is 1. The van der Waals surface area contributed by atoms with Gasteiger partial charge in [-0.15, -0.1) is 11.3 Å². The van der Waals surface area contributed by atoms with Gasteiger partial charge in [-0.2, -0.15) is 0 Å². The van der Waals surface area contributed by atoms with Crippen LogP contribution in [-0.4, -0.2) is 11.7 Å². The summed E-state index contributed by atoms with van der Waals surface area (Å²) in [6.07, 6.45) is 0.973. The van der Waals surface area contributed by atoms with Gasteiger partial charge in [0, 0.05) is 5.69 Å². The zero-order chi connectivity index (χ0) is 13.8. The van der Waals surface area contributed by atoms with E-state index in [0.717, 1.165) is 12.1 Å². The fourth-order valence-corrected chi connectivity index (χ4v) is 2.46. The molecule has 1 aromatic carbocycles. The van der Waals surface area contributed by atoms with E-state index in [0.29, 0.717) is 9.75 Å². The Kier molecular flexibility index (Phi) is 4.12. The minimum Gasteiger partial charge on any atom is -0.321 e. The Bertz CT molecular complexity index is 599. The molecule has 2 rings (SSSR count). The van der Waals surface area contributed by atoms with Crippen LogP contribution in [0.5, 0.6) is 0 Å². The van der Waals surface area contributed by atoms with E-state index in [-0.39, 0.29) is 11.7 Å². The fraction of sp³-hybridized carbons (Fsp3) is 0.200. The van der Waals surface area contributed by atoms with Crippen LogP contribution in [0.25, 0.3) is 0 Å². The lowest BCUT2D eigenvalue weighted by atomic mass is 10.1. The molecular weight excluding hydrogens is 258 g/mol. The highest BCUT2D eigenvalue weighted by molar-refractivity contribution is 7.16. The van der Waals surface area contributed by atoms with Crippen LogP contribution in [0.1, 0.15) is 38.8 Å². The van der Waals surface area contributed by atoms with Gasteiger partial charge in [-0.05, 0) is 43.2 Å². The van der Waals surface area contributed by atoms with Crippen molar-refractivity contribution in [1.82, 2.24) is 0 Å². The molecule has 19 heavy (non-hydrogen) atoms. The smallest absolute Gasteiger partial charge is 0.265 e. The number of hydrogen-bond acceptors (Lipinski definition) is 3. The molecule has 0 aliphatic rings. The molecule has 3 nitrogen and oxygen atoms in total. The van der Waals surface area contributed by atoms with Crippen molar-refractivity contribution in [3.8, 4) is 0 Å². The van der Waals surface area contributed by atoms with Gasteiger partial charge in [-0.25, -0.2) is 0 Å². The standard InChI is InChI=1S/C15H15NO2S/c1-3-11-4-6-12(7-5-11)16-15(18)14-9-8-13(19-14)10(2)17/h4-9H,3H2,1-2H3,(H,16,18). The Balaban J connectivity index is 2.08. The summed E-state index contributed by atoms with van der Waals surface area (Å²) in [5.74, 6) is -0.196. The Morgan fingerprint density at radius 1 is 1.05 bits per heavy atom. The van der Waals surface area contributed by atoms with Crippen molar-refractivity contribution in [2.24, 2.45) is 0 Å². The van der Waals surface area contributed by atoms with Gasteiger partial charge < -0.3 is 5.32 Å². The quantitative estimate of drug-likeness (QED) is 0.862. The molecule has 0 spiro atoms. The first-order chi connectivity index (χ1) is 9.10. The number of rotatable bonds is 4. The highest BCUT2D eigenvalue weighted by atomic mass is 32.1. The summed E-state index contributed by atoms with van der Waals surface area (Å²) in [5.41, 5.74) is 1.99. The third-order valence-corrected chi connectivity index (χ3v) is 3.98. The van der Waals surface area contributed by atoms with Crippen molar-refractivity contribution in [2.45, 2.75) is 20.3 Å². The largest absolute Gasteiger partial charge is 0.321 e. The summed E-state index contributed by atoms with van der Waals surface area (Å²) in [7, 11) is 0. The van der Waals surface area contributed by atoms with E-state index in [2.05, 4.69) is 12.2 Å². The number of Topliss-reactive ketones (excluding diaryl/α,β-unsaturated/α-hetero) is 1. The third-order valence-electron chi connectivity index (χ3n) is 2.80. The average molecular weight is 273 g/mol. The van der Waals surface area contributed by atoms with E-state index >= 15 is 0 Å². The molecule has 0 bridgehead atoms. The van der Waals surface area contributed by atoms with Crippen LogP contribution in [0, 0.1) is 0 Å². The first-order valence-electron chi connectivity index (χ1n) is 6.11. The second kappa shape index (κ2) is 5.80. The van der Waals surface area contributed by atoms with Crippen LogP contribution in [0.15, 0.2) is 36.4 Å². The van der Waals surface area contributed by atoms with E-state index in [1.807, 2.05) is 24.3 Å². The molecule has 0 fully saturated rings. The second-order valence-electron chi connectivity index (χ2n) is 4.22. The van der Waals surface area contributed by atoms with Crippen molar-refractivity contribution < 1.29 is 9.59 Å². The van der Waals surface area contributed by atoms with Crippen molar-refractivity contribution in [3.63, 3.8) is 0 Å². The topological polar surface area (TPSA) is 46.2 Å². The monoisotopic (exact) mass is 273 g/mol. The predicted molar refractivity (Wildman–Crippen MR) is 78.1 cm³/mol. The van der Waals surface area contributed by atoms with Gasteiger partial charge in [0.2, 0.25) is 0 Å². The molecule has 0 saturated carbocycles. The number of aryl methyl sites for hydroxylation is 1. The lowest BCUT2D eigenvalue weighted by molar-refractivity contribution is 0.101. The maximum atomic E-state index is 12.0. The number of ketones is 1. The summed E-state index contributed by atoms with van der Waals surface area (Å²) in [6.45, 7) is 3.58. The van der Waals surface area contributed by atoms with Gasteiger partial charge >= 0.3 is 0 Å². The fourth-order valence-electron chi connectivity index (χ4n) is 1.67. The zero-order valence-corrected chi connectivity index (χ0v) is 11.7. The van der Waals surface area contributed by atoms with Gasteiger partial charge in [-0.1, -0.05) is 19.1 Å². The van der Waals surface area contributed by atoms with Gasteiger partial charge in [0.15, 0.2) is 5.78 Å². The summed E-state index contributed by atoms with van der Waals surface area (Å²) in [6, 6.07) is 11.1. The van der Waals surface area contributed by atoms with Crippen LogP contribution < -0.4 is 5.32 Å². The molecule has 0 aliphatic heterocycles. The van der Waals surface area contributed by atoms with Gasteiger partial charge in [-0.3, -0.25) is 9.59 Å². The van der Waals surface area contributed by atoms with E-state index in [1.165, 1.54) is 23.8 Å². The van der Waals surface area contributed by atoms with Gasteiger partial charge in [0.1, 0.15) is 0 Å². The number of anilines is 1. The molecule has 0 aliphatic carbocycles. The summed E-state index contributed by atoms with van der Waals surface area (Å²) < 4.78 is 0. The third kappa shape index (κ3) is 3.29. The Labute approximate surface area is 116 Å². The Morgan fingerprint density at radius 3 is 2.21 bits per heavy atom. The van der Waals surface area contributed by atoms with Crippen LogP contribution in [0.2, 0.25) is 0 Å². The van der Waals surface area contributed by atoms with Gasteiger partial charge in [0.25, 0.3) is 5.91 Å². The van der Waals surface area contributed by atoms with Crippen molar-refractivity contribution in [1.29, 1.82) is 0 Å². The van der Waals surface area contributed by atoms with E-state index in [1.54, 1.807) is 12.1 Å². The molecule has 0 atom stereocenters. The van der Waals surface area contributed by atoms with E-state index in [4.69, 9.17) is 0 Å². The first-order valence-corrected chi connectivity index (χ1v) is 6.93. The molecule has 2 aromatic rings. The summed E-state index contributed by atoms with van der Waals surface area (Å²) >= 11 is 1.21. The summed E-state index contributed by atoms with van der Waals surface area (Å²) in [4.78, 5) is 24.3. The molecule has 0 unspecified atom stereocenters. The molecule has 1 heterocycles. The van der Waals surface area contributed by atoms with Crippen LogP contribution in [0.3, 0.4) is 0 Å². The molecule has 1 aromatic heterocycles. The molecule has 0 saturated heterocycles. The summed E-state index contributed by atoms with van der Waals surface area (Å²) in [5, 5.41) is 2.82. The molecule has 4 heteroatoms. The molecule has 1 amide bonds. The first kappa shape index (κ1) is 13.5. The minimum atomic E-state index is -0.179. The molecule has 1 N–H and O–H groups in total. The highest BCUT2D eigenvalue weighted by Gasteiger charge is 2.11. The number of amides is 1. The van der Waals surface area contributed by atoms with Gasteiger partial charge in [0.05, 0.1) is 9.75 Å². The average Bonchev–Trinajstić information content (AvgIpc) is 2.89. The number of thiophene rings is 1. The number of carbonyl (C=O) groups excluding carboxylic acids is 2. The van der Waals surface area contributed by atoms with Crippen molar-refractivity contribution in [3.05, 3.63) is 51.7 Å². The number of nitrogens with one attached hydrogen (secondary N) is 1. The molecule has 98 valence electrons. The maximum absolute atomic E-state index is 12.0. The predicted octanol–water partition coefficient (Wildman–Crippen LogP) is 3.77. The number of hydrogen-bond donors (Lipinski definition) is 1. The van der Waals surface area contributed by atoms with Crippen molar-refractivity contribution >= 4 is 28.7 Å².